The number of nitrogens with one attached hydrogen (secondary N) is 1. The smallest absolute Gasteiger partial charge is 0.0330 e. The van der Waals surface area contributed by atoms with Gasteiger partial charge in [-0.05, 0) is 56.4 Å². The molecule has 0 atom stereocenters. The van der Waals surface area contributed by atoms with Gasteiger partial charge in [0.2, 0.25) is 0 Å². The Morgan fingerprint density at radius 2 is 2.19 bits per heavy atom. The van der Waals surface area contributed by atoms with Crippen molar-refractivity contribution < 1.29 is 0 Å². The zero-order valence-electron chi connectivity index (χ0n) is 10.3. The highest BCUT2D eigenvalue weighted by Crippen LogP contribution is 2.20. The van der Waals surface area contributed by atoms with Gasteiger partial charge < -0.3 is 5.32 Å². The summed E-state index contributed by atoms with van der Waals surface area (Å²) in [6.07, 6.45) is 2.61. The van der Waals surface area contributed by atoms with Crippen LogP contribution in [0.5, 0.6) is 0 Å². The molecule has 0 unspecified atom stereocenters. The van der Waals surface area contributed by atoms with Gasteiger partial charge in [-0.15, -0.1) is 11.3 Å². The van der Waals surface area contributed by atoms with E-state index in [1.165, 1.54) is 31.5 Å². The van der Waals surface area contributed by atoms with Gasteiger partial charge in [-0.3, -0.25) is 4.90 Å². The van der Waals surface area contributed by atoms with Crippen molar-refractivity contribution in [3.8, 4) is 0 Å². The molecule has 0 aromatic carbocycles. The van der Waals surface area contributed by atoms with E-state index in [2.05, 4.69) is 35.5 Å². The maximum Gasteiger partial charge on any atom is 0.0330 e. The van der Waals surface area contributed by atoms with Crippen LogP contribution in [0.4, 0.5) is 0 Å². The molecule has 16 heavy (non-hydrogen) atoms. The SMILES string of the molecule is CCNC1CCN(Cc2sccc2C)CC1. The van der Waals surface area contributed by atoms with Crippen LogP contribution in [-0.4, -0.2) is 30.6 Å². The van der Waals surface area contributed by atoms with Crippen molar-refractivity contribution >= 4 is 11.3 Å². The zero-order chi connectivity index (χ0) is 11.4. The lowest BCUT2D eigenvalue weighted by Crippen LogP contribution is -2.41. The second kappa shape index (κ2) is 5.80. The van der Waals surface area contributed by atoms with E-state index >= 15 is 0 Å². The lowest BCUT2D eigenvalue weighted by molar-refractivity contribution is 0.193. The average molecular weight is 238 g/mol. The maximum atomic E-state index is 3.55. The minimum Gasteiger partial charge on any atom is -0.314 e. The van der Waals surface area contributed by atoms with Gasteiger partial charge in [-0.25, -0.2) is 0 Å². The third kappa shape index (κ3) is 3.06. The Kier molecular flexibility index (Phi) is 4.38. The molecule has 2 rings (SSSR count). The van der Waals surface area contributed by atoms with Crippen LogP contribution >= 0.6 is 11.3 Å². The van der Waals surface area contributed by atoms with Crippen LogP contribution in [-0.2, 0) is 6.54 Å². The molecule has 1 aromatic rings. The molecule has 0 spiro atoms. The van der Waals surface area contributed by atoms with Crippen molar-refractivity contribution in [1.82, 2.24) is 10.2 Å². The molecule has 1 fully saturated rings. The van der Waals surface area contributed by atoms with Crippen LogP contribution in [0.2, 0.25) is 0 Å². The summed E-state index contributed by atoms with van der Waals surface area (Å²) in [5.41, 5.74) is 1.46. The number of likely N-dealkylation sites (tertiary alicyclic amines) is 1. The molecule has 0 amide bonds. The van der Waals surface area contributed by atoms with Crippen LogP contribution in [0.15, 0.2) is 11.4 Å². The lowest BCUT2D eigenvalue weighted by atomic mass is 10.0. The minimum atomic E-state index is 0.755. The van der Waals surface area contributed by atoms with Crippen molar-refractivity contribution in [1.29, 1.82) is 0 Å². The zero-order valence-corrected chi connectivity index (χ0v) is 11.1. The second-order valence-corrected chi connectivity index (χ2v) is 5.64. The van der Waals surface area contributed by atoms with E-state index in [0.29, 0.717) is 0 Å². The monoisotopic (exact) mass is 238 g/mol. The van der Waals surface area contributed by atoms with Crippen LogP contribution < -0.4 is 5.32 Å². The minimum absolute atomic E-state index is 0.755. The van der Waals surface area contributed by atoms with Crippen molar-refractivity contribution in [2.45, 2.75) is 39.3 Å². The largest absolute Gasteiger partial charge is 0.314 e. The highest BCUT2D eigenvalue weighted by atomic mass is 32.1. The Balaban J connectivity index is 1.79. The van der Waals surface area contributed by atoms with E-state index < -0.39 is 0 Å². The first-order chi connectivity index (χ1) is 7.79. The summed E-state index contributed by atoms with van der Waals surface area (Å²) in [5.74, 6) is 0. The first-order valence-electron chi connectivity index (χ1n) is 6.28. The highest BCUT2D eigenvalue weighted by Gasteiger charge is 2.18. The Morgan fingerprint density at radius 1 is 1.44 bits per heavy atom. The number of hydrogen-bond acceptors (Lipinski definition) is 3. The van der Waals surface area contributed by atoms with E-state index in [1.54, 1.807) is 4.88 Å². The topological polar surface area (TPSA) is 15.3 Å². The first kappa shape index (κ1) is 12.1. The molecule has 1 aliphatic heterocycles. The summed E-state index contributed by atoms with van der Waals surface area (Å²) in [5, 5.41) is 5.76. The van der Waals surface area contributed by atoms with Crippen molar-refractivity contribution in [3.63, 3.8) is 0 Å². The molecule has 0 radical (unpaired) electrons. The van der Waals surface area contributed by atoms with E-state index in [9.17, 15) is 0 Å². The standard InChI is InChI=1S/C13H22N2S/c1-3-14-12-4-7-15(8-5-12)10-13-11(2)6-9-16-13/h6,9,12,14H,3-5,7-8,10H2,1-2H3. The van der Waals surface area contributed by atoms with Gasteiger partial charge in [-0.2, -0.15) is 0 Å². The number of piperidine rings is 1. The van der Waals surface area contributed by atoms with Crippen LogP contribution in [0, 0.1) is 6.92 Å². The van der Waals surface area contributed by atoms with Gasteiger partial charge >= 0.3 is 0 Å². The number of thiophene rings is 1. The van der Waals surface area contributed by atoms with Crippen LogP contribution in [0.25, 0.3) is 0 Å². The first-order valence-corrected chi connectivity index (χ1v) is 7.16. The summed E-state index contributed by atoms with van der Waals surface area (Å²) < 4.78 is 0. The lowest BCUT2D eigenvalue weighted by Gasteiger charge is -2.32. The van der Waals surface area contributed by atoms with Gasteiger partial charge in [0, 0.05) is 17.5 Å². The van der Waals surface area contributed by atoms with Crippen LogP contribution in [0.1, 0.15) is 30.2 Å². The van der Waals surface area contributed by atoms with E-state index in [1.807, 2.05) is 11.3 Å². The fraction of sp³-hybridized carbons (Fsp3) is 0.692. The van der Waals surface area contributed by atoms with Gasteiger partial charge in [-0.1, -0.05) is 6.92 Å². The molecule has 0 saturated carbocycles. The molecule has 0 aliphatic carbocycles. The molecule has 3 heteroatoms. The number of rotatable bonds is 4. The quantitative estimate of drug-likeness (QED) is 0.867. The maximum absolute atomic E-state index is 3.55. The predicted octanol–water partition coefficient (Wildman–Crippen LogP) is 2.63. The Morgan fingerprint density at radius 3 is 2.75 bits per heavy atom. The molecule has 2 nitrogen and oxygen atoms in total. The Hall–Kier alpha value is -0.380. The molecule has 1 aromatic heterocycles. The van der Waals surface area contributed by atoms with Gasteiger partial charge in [0.05, 0.1) is 0 Å². The molecule has 2 heterocycles. The third-order valence-electron chi connectivity index (χ3n) is 3.42. The molecule has 1 aliphatic rings. The van der Waals surface area contributed by atoms with Gasteiger partial charge in [0.25, 0.3) is 0 Å². The van der Waals surface area contributed by atoms with Crippen molar-refractivity contribution in [3.05, 3.63) is 21.9 Å². The predicted molar refractivity (Wildman–Crippen MR) is 71.0 cm³/mol. The van der Waals surface area contributed by atoms with Gasteiger partial charge in [0.15, 0.2) is 0 Å². The summed E-state index contributed by atoms with van der Waals surface area (Å²) in [6, 6.07) is 2.98. The van der Waals surface area contributed by atoms with E-state index in [0.717, 1.165) is 19.1 Å². The Bertz CT molecular complexity index is 313. The molecule has 1 saturated heterocycles. The molecule has 1 N–H and O–H groups in total. The fourth-order valence-corrected chi connectivity index (χ4v) is 3.30. The van der Waals surface area contributed by atoms with Crippen molar-refractivity contribution in [2.24, 2.45) is 0 Å². The Labute approximate surface area is 103 Å². The van der Waals surface area contributed by atoms with Crippen molar-refractivity contribution in [2.75, 3.05) is 19.6 Å². The van der Waals surface area contributed by atoms with Gasteiger partial charge in [0.1, 0.15) is 0 Å². The molecule has 90 valence electrons. The number of nitrogens with zero attached hydrogens (tertiary/aromatic N) is 1. The molecule has 0 bridgehead atoms. The third-order valence-corrected chi connectivity index (χ3v) is 4.42. The average Bonchev–Trinajstić information content (AvgIpc) is 2.68. The van der Waals surface area contributed by atoms with Crippen LogP contribution in [0.3, 0.4) is 0 Å². The number of aryl methyl sites for hydroxylation is 1. The summed E-state index contributed by atoms with van der Waals surface area (Å²) in [7, 11) is 0. The highest BCUT2D eigenvalue weighted by molar-refractivity contribution is 7.10. The summed E-state index contributed by atoms with van der Waals surface area (Å²) in [6.45, 7) is 9.17. The van der Waals surface area contributed by atoms with E-state index in [4.69, 9.17) is 0 Å². The summed E-state index contributed by atoms with van der Waals surface area (Å²) >= 11 is 1.90. The number of hydrogen-bond donors (Lipinski definition) is 1. The fourth-order valence-electron chi connectivity index (χ4n) is 2.35. The molecular weight excluding hydrogens is 216 g/mol. The molecular formula is C13H22N2S. The second-order valence-electron chi connectivity index (χ2n) is 4.63. The van der Waals surface area contributed by atoms with E-state index in [-0.39, 0.29) is 0 Å². The summed E-state index contributed by atoms with van der Waals surface area (Å²) in [4.78, 5) is 4.13. The normalized spacial score (nSPS) is 19.1.